The molecule has 2 unspecified atom stereocenters. The van der Waals surface area contributed by atoms with E-state index < -0.39 is 0 Å². The smallest absolute Gasteiger partial charge is 0.0170 e. The highest BCUT2D eigenvalue weighted by Gasteiger charge is 2.09. The van der Waals surface area contributed by atoms with Gasteiger partial charge in [-0.25, -0.2) is 0 Å². The average Bonchev–Trinajstić information content (AvgIpc) is 2.05. The highest BCUT2D eigenvalue weighted by atomic mass is 32.2. The van der Waals surface area contributed by atoms with Gasteiger partial charge in [-0.2, -0.15) is 11.8 Å². The molecule has 2 atom stereocenters. The van der Waals surface area contributed by atoms with Gasteiger partial charge in [-0.15, -0.1) is 0 Å². The van der Waals surface area contributed by atoms with E-state index in [1.165, 1.54) is 18.6 Å². The van der Waals surface area contributed by atoms with Crippen LogP contribution in [-0.2, 0) is 0 Å². The Morgan fingerprint density at radius 3 is 2.42 bits per heavy atom. The fraction of sp³-hybridized carbons (Fsp3) is 1.00. The topological polar surface area (TPSA) is 12.0 Å². The molecule has 0 heterocycles. The normalized spacial score (nSPS) is 16.0. The van der Waals surface area contributed by atoms with Crippen molar-refractivity contribution in [1.29, 1.82) is 0 Å². The lowest BCUT2D eigenvalue weighted by atomic mass is 10.2. The molecule has 0 rings (SSSR count). The molecule has 0 saturated heterocycles. The van der Waals surface area contributed by atoms with Crippen LogP contribution in [0.3, 0.4) is 0 Å². The lowest BCUT2D eigenvalue weighted by Crippen LogP contribution is -2.33. The Hall–Kier alpha value is 0.310. The van der Waals surface area contributed by atoms with Gasteiger partial charge in [-0.05, 0) is 25.6 Å². The quantitative estimate of drug-likeness (QED) is 0.618. The summed E-state index contributed by atoms with van der Waals surface area (Å²) in [6.45, 7) is 10.1. The molecule has 0 aliphatic heterocycles. The summed E-state index contributed by atoms with van der Waals surface area (Å²) in [6.07, 6.45) is 2.67. The number of rotatable bonds is 7. The molecule has 1 N–H and O–H groups in total. The summed E-state index contributed by atoms with van der Waals surface area (Å²) in [4.78, 5) is 0. The van der Waals surface area contributed by atoms with Gasteiger partial charge >= 0.3 is 0 Å². The largest absolute Gasteiger partial charge is 0.313 e. The summed E-state index contributed by atoms with van der Waals surface area (Å²) in [5.74, 6) is 1.31. The number of unbranched alkanes of at least 4 members (excludes halogenated alkanes) is 1. The second-order valence-corrected chi connectivity index (χ2v) is 4.76. The predicted octanol–water partition coefficient (Wildman–Crippen LogP) is 2.91. The van der Waals surface area contributed by atoms with E-state index in [2.05, 4.69) is 44.8 Å². The minimum Gasteiger partial charge on any atom is -0.313 e. The molecular weight excluding hydrogens is 166 g/mol. The maximum atomic E-state index is 3.45. The van der Waals surface area contributed by atoms with Crippen LogP contribution >= 0.6 is 11.8 Å². The number of nitrogens with one attached hydrogen (secondary N) is 1. The van der Waals surface area contributed by atoms with E-state index in [0.29, 0.717) is 6.04 Å². The summed E-state index contributed by atoms with van der Waals surface area (Å²) in [5.41, 5.74) is 0. The van der Waals surface area contributed by atoms with Crippen LogP contribution in [0, 0.1) is 0 Å². The van der Waals surface area contributed by atoms with Gasteiger partial charge in [0.1, 0.15) is 0 Å². The highest BCUT2D eigenvalue weighted by Crippen LogP contribution is 2.15. The monoisotopic (exact) mass is 189 g/mol. The van der Waals surface area contributed by atoms with Crippen LogP contribution in [0.1, 0.15) is 40.5 Å². The summed E-state index contributed by atoms with van der Waals surface area (Å²) < 4.78 is 0. The molecule has 74 valence electrons. The van der Waals surface area contributed by atoms with Gasteiger partial charge in [0.15, 0.2) is 0 Å². The summed E-state index contributed by atoms with van der Waals surface area (Å²) in [5, 5.41) is 4.20. The van der Waals surface area contributed by atoms with Crippen molar-refractivity contribution in [2.24, 2.45) is 0 Å². The first kappa shape index (κ1) is 12.3. The van der Waals surface area contributed by atoms with Crippen LogP contribution in [0.15, 0.2) is 0 Å². The van der Waals surface area contributed by atoms with E-state index in [-0.39, 0.29) is 0 Å². The summed E-state index contributed by atoms with van der Waals surface area (Å²) >= 11 is 2.09. The third-order valence-corrected chi connectivity index (χ3v) is 3.57. The van der Waals surface area contributed by atoms with Gasteiger partial charge in [0.05, 0.1) is 0 Å². The van der Waals surface area contributed by atoms with Crippen molar-refractivity contribution in [1.82, 2.24) is 5.32 Å². The molecule has 0 saturated carbocycles. The van der Waals surface area contributed by atoms with Crippen molar-refractivity contribution in [2.75, 3.05) is 12.3 Å². The van der Waals surface area contributed by atoms with Crippen LogP contribution in [0.4, 0.5) is 0 Å². The van der Waals surface area contributed by atoms with E-state index in [0.717, 1.165) is 11.8 Å². The van der Waals surface area contributed by atoms with E-state index >= 15 is 0 Å². The minimum atomic E-state index is 0.650. The van der Waals surface area contributed by atoms with Crippen LogP contribution in [0.25, 0.3) is 0 Å². The Bertz CT molecular complexity index is 95.8. The van der Waals surface area contributed by atoms with Gasteiger partial charge in [-0.1, -0.05) is 27.2 Å². The minimum absolute atomic E-state index is 0.650. The Kier molecular flexibility index (Phi) is 8.14. The lowest BCUT2D eigenvalue weighted by molar-refractivity contribution is 0.563. The Labute approximate surface area is 81.7 Å². The van der Waals surface area contributed by atoms with Crippen molar-refractivity contribution in [3.05, 3.63) is 0 Å². The molecule has 1 nitrogen and oxygen atoms in total. The molecule has 0 aliphatic rings. The van der Waals surface area contributed by atoms with E-state index in [9.17, 15) is 0 Å². The number of thioether (sulfide) groups is 1. The van der Waals surface area contributed by atoms with Crippen LogP contribution < -0.4 is 5.32 Å². The first-order valence-electron chi connectivity index (χ1n) is 5.07. The van der Waals surface area contributed by atoms with Crippen molar-refractivity contribution < 1.29 is 0 Å². The number of hydrogen-bond donors (Lipinski definition) is 1. The lowest BCUT2D eigenvalue weighted by Gasteiger charge is -2.19. The van der Waals surface area contributed by atoms with Crippen LogP contribution in [0.2, 0.25) is 0 Å². The van der Waals surface area contributed by atoms with Crippen molar-refractivity contribution >= 4 is 11.8 Å². The predicted molar refractivity (Wildman–Crippen MR) is 60.0 cm³/mol. The SMILES string of the molecule is CCCCSC(C)C(C)NCC. The molecule has 0 fully saturated rings. The standard InChI is InChI=1S/C10H23NS/c1-5-7-8-12-10(4)9(3)11-6-2/h9-11H,5-8H2,1-4H3. The van der Waals surface area contributed by atoms with Crippen LogP contribution in [0.5, 0.6) is 0 Å². The molecule has 0 amide bonds. The van der Waals surface area contributed by atoms with Gasteiger partial charge in [-0.3, -0.25) is 0 Å². The maximum absolute atomic E-state index is 3.45. The van der Waals surface area contributed by atoms with Gasteiger partial charge < -0.3 is 5.32 Å². The summed E-state index contributed by atoms with van der Waals surface area (Å²) in [6, 6.07) is 0.650. The van der Waals surface area contributed by atoms with Crippen LogP contribution in [-0.4, -0.2) is 23.6 Å². The Morgan fingerprint density at radius 2 is 1.92 bits per heavy atom. The third kappa shape index (κ3) is 5.90. The van der Waals surface area contributed by atoms with Gasteiger partial charge in [0.25, 0.3) is 0 Å². The molecule has 0 spiro atoms. The molecule has 0 aliphatic carbocycles. The fourth-order valence-electron chi connectivity index (χ4n) is 1.05. The van der Waals surface area contributed by atoms with Gasteiger partial charge in [0.2, 0.25) is 0 Å². The summed E-state index contributed by atoms with van der Waals surface area (Å²) in [7, 11) is 0. The molecule has 0 aromatic heterocycles. The van der Waals surface area contributed by atoms with E-state index in [1.807, 2.05) is 0 Å². The van der Waals surface area contributed by atoms with E-state index in [1.54, 1.807) is 0 Å². The molecule has 0 aromatic carbocycles. The second kappa shape index (κ2) is 7.93. The number of hydrogen-bond acceptors (Lipinski definition) is 2. The molecular formula is C10H23NS. The average molecular weight is 189 g/mol. The first-order valence-corrected chi connectivity index (χ1v) is 6.12. The molecule has 0 radical (unpaired) electrons. The van der Waals surface area contributed by atoms with Crippen molar-refractivity contribution in [2.45, 2.75) is 51.8 Å². The molecule has 2 heteroatoms. The zero-order valence-electron chi connectivity index (χ0n) is 8.89. The second-order valence-electron chi connectivity index (χ2n) is 3.28. The zero-order chi connectivity index (χ0) is 9.40. The maximum Gasteiger partial charge on any atom is 0.0170 e. The van der Waals surface area contributed by atoms with Crippen molar-refractivity contribution in [3.63, 3.8) is 0 Å². The zero-order valence-corrected chi connectivity index (χ0v) is 9.71. The molecule has 0 aromatic rings. The Balaban J connectivity index is 3.35. The Morgan fingerprint density at radius 1 is 1.25 bits per heavy atom. The molecule has 12 heavy (non-hydrogen) atoms. The first-order chi connectivity index (χ1) is 5.72. The highest BCUT2D eigenvalue weighted by molar-refractivity contribution is 7.99. The molecule has 0 bridgehead atoms. The fourth-order valence-corrected chi connectivity index (χ4v) is 2.26. The van der Waals surface area contributed by atoms with E-state index in [4.69, 9.17) is 0 Å². The third-order valence-electron chi connectivity index (χ3n) is 2.11. The van der Waals surface area contributed by atoms with Crippen molar-refractivity contribution in [3.8, 4) is 0 Å². The van der Waals surface area contributed by atoms with Gasteiger partial charge in [0, 0.05) is 11.3 Å².